The average Bonchev–Trinajstić information content (AvgIpc) is 2.77. The number of hydrogen-bond acceptors (Lipinski definition) is 12. The Morgan fingerprint density at radius 2 is 1.77 bits per heavy atom. The van der Waals surface area contributed by atoms with Crippen LogP contribution in [0.2, 0.25) is 0 Å². The lowest BCUT2D eigenvalue weighted by molar-refractivity contribution is -0.307. The maximum absolute atomic E-state index is 11.9. The second-order valence-corrected chi connectivity index (χ2v) is 10.1. The third kappa shape index (κ3) is 6.67. The summed E-state index contributed by atoms with van der Waals surface area (Å²) in [5.74, 6) is -0.323. The Kier molecular flexibility index (Phi) is 9.85. The Balaban J connectivity index is 1.76. The zero-order valence-corrected chi connectivity index (χ0v) is 20.9. The second kappa shape index (κ2) is 12.0. The van der Waals surface area contributed by atoms with Crippen molar-refractivity contribution in [2.75, 3.05) is 27.2 Å². The number of nitrogens with one attached hydrogen (secondary N) is 3. The molecule has 0 bridgehead atoms. The van der Waals surface area contributed by atoms with E-state index in [0.717, 1.165) is 6.42 Å². The van der Waals surface area contributed by atoms with Gasteiger partial charge in [-0.3, -0.25) is 4.79 Å². The van der Waals surface area contributed by atoms with Crippen LogP contribution < -0.4 is 27.4 Å². The number of rotatable bonds is 8. The van der Waals surface area contributed by atoms with Crippen LogP contribution in [0.5, 0.6) is 0 Å². The molecule has 1 aliphatic carbocycles. The van der Waals surface area contributed by atoms with Crippen LogP contribution in [0.1, 0.15) is 33.1 Å². The summed E-state index contributed by atoms with van der Waals surface area (Å²) in [5.41, 5.74) is 11.3. The summed E-state index contributed by atoms with van der Waals surface area (Å²) in [6.45, 7) is 3.43. The van der Waals surface area contributed by atoms with Crippen molar-refractivity contribution in [1.82, 2.24) is 16.0 Å². The molecule has 1 amide bonds. The van der Waals surface area contributed by atoms with Gasteiger partial charge in [-0.15, -0.1) is 0 Å². The predicted molar refractivity (Wildman–Crippen MR) is 125 cm³/mol. The molecule has 0 aromatic carbocycles. The lowest BCUT2D eigenvalue weighted by Crippen LogP contribution is -2.69. The molecule has 0 aromatic heterocycles. The minimum absolute atomic E-state index is 0.0852. The quantitative estimate of drug-likeness (QED) is 0.162. The lowest BCUT2D eigenvalue weighted by atomic mass is 9.83. The van der Waals surface area contributed by atoms with Crippen molar-refractivity contribution in [3.05, 3.63) is 0 Å². The topological polar surface area (TPSA) is 203 Å². The molecule has 35 heavy (non-hydrogen) atoms. The van der Waals surface area contributed by atoms with Gasteiger partial charge in [-0.05, 0) is 40.3 Å². The Bertz CT molecular complexity index is 703. The Morgan fingerprint density at radius 3 is 2.40 bits per heavy atom. The molecule has 0 spiro atoms. The lowest BCUT2D eigenvalue weighted by Gasteiger charge is -2.49. The summed E-state index contributed by atoms with van der Waals surface area (Å²) in [7, 11) is 3.44. The van der Waals surface area contributed by atoms with Gasteiger partial charge >= 0.3 is 0 Å². The summed E-state index contributed by atoms with van der Waals surface area (Å²) in [6, 6.07) is -2.45. The largest absolute Gasteiger partial charge is 0.388 e. The molecule has 10 N–H and O–H groups in total. The molecule has 12 atom stereocenters. The van der Waals surface area contributed by atoms with Gasteiger partial charge in [-0.2, -0.15) is 0 Å². The van der Waals surface area contributed by atoms with Gasteiger partial charge in [0, 0.05) is 19.5 Å². The molecule has 0 aromatic rings. The molecule has 2 saturated heterocycles. The summed E-state index contributed by atoms with van der Waals surface area (Å²) < 4.78 is 23.8. The van der Waals surface area contributed by atoms with Gasteiger partial charge in [0.15, 0.2) is 12.6 Å². The highest BCUT2D eigenvalue weighted by Gasteiger charge is 2.51. The van der Waals surface area contributed by atoms with E-state index in [0.29, 0.717) is 13.0 Å². The van der Waals surface area contributed by atoms with Gasteiger partial charge < -0.3 is 61.7 Å². The number of aliphatic hydroxyl groups excluding tert-OH is 2. The second-order valence-electron chi connectivity index (χ2n) is 10.1. The molecule has 2 heterocycles. The third-order valence-corrected chi connectivity index (χ3v) is 7.06. The van der Waals surface area contributed by atoms with E-state index >= 15 is 0 Å². The van der Waals surface area contributed by atoms with E-state index in [2.05, 4.69) is 16.0 Å². The van der Waals surface area contributed by atoms with Crippen LogP contribution in [0.25, 0.3) is 0 Å². The van der Waals surface area contributed by atoms with Crippen molar-refractivity contribution in [1.29, 1.82) is 0 Å². The molecule has 3 fully saturated rings. The molecule has 13 heteroatoms. The van der Waals surface area contributed by atoms with Crippen molar-refractivity contribution in [3.8, 4) is 0 Å². The fourth-order valence-corrected chi connectivity index (χ4v) is 5.26. The molecule has 3 rings (SSSR count). The van der Waals surface area contributed by atoms with Gasteiger partial charge in [0.05, 0.1) is 30.8 Å². The molecular weight excluding hydrogens is 462 g/mol. The number of ether oxygens (including phenoxy) is 4. The number of nitrogens with two attached hydrogens (primary N) is 2. The summed E-state index contributed by atoms with van der Waals surface area (Å²) in [6.07, 6.45) is -4.78. The van der Waals surface area contributed by atoms with Crippen LogP contribution >= 0.6 is 0 Å². The first kappa shape index (κ1) is 28.6. The van der Waals surface area contributed by atoms with Crippen molar-refractivity contribution >= 4 is 5.91 Å². The van der Waals surface area contributed by atoms with Crippen LogP contribution in [0.3, 0.4) is 0 Å². The van der Waals surface area contributed by atoms with Crippen molar-refractivity contribution in [2.24, 2.45) is 11.5 Å². The maximum atomic E-state index is 11.9. The molecule has 0 radical (unpaired) electrons. The Labute approximate surface area is 206 Å². The summed E-state index contributed by atoms with van der Waals surface area (Å²) in [5, 5.41) is 41.4. The van der Waals surface area contributed by atoms with Crippen molar-refractivity contribution in [2.45, 2.75) is 106 Å². The van der Waals surface area contributed by atoms with Crippen LogP contribution in [-0.4, -0.2) is 121 Å². The molecule has 204 valence electrons. The summed E-state index contributed by atoms with van der Waals surface area (Å²) >= 11 is 0. The number of carbonyl (C=O) groups excluding carboxylic acids is 1. The highest BCUT2D eigenvalue weighted by molar-refractivity contribution is 5.73. The molecule has 13 nitrogen and oxygen atoms in total. The van der Waals surface area contributed by atoms with Crippen LogP contribution in [0.15, 0.2) is 0 Å². The highest BCUT2D eigenvalue weighted by atomic mass is 16.7. The minimum atomic E-state index is -1.33. The SMILES string of the molecule is CNC[C@@H]1CC[C@@H](N)[C@H](O[C@H]2[C@H](O)C(O[C@H]3OC[C@](C)(O)[C@@H](NC)[C@H]3O)[C@@H](NC(C)=O)C[C@@H]2N)O1. The normalized spacial score (nSPS) is 46.8. The number of hydrogen-bond donors (Lipinski definition) is 8. The highest BCUT2D eigenvalue weighted by Crippen LogP contribution is 2.32. The standard InChI is InChI=1S/C22H43N5O8/c1-10(28)27-14-7-13(24)17(34-20-12(23)6-5-11(33-20)8-25-3)15(29)18(14)35-21-16(30)19(26-4)22(2,31)9-32-21/h11-21,25-26,29-31H,5-9,23-24H2,1-4H3,(H,27,28)/t11-,12+,13-,14-,15-,16+,17+,18?,19-,20-,21+,22-/m0/s1. The number of carbonyl (C=O) groups is 1. The minimum Gasteiger partial charge on any atom is -0.388 e. The molecular formula is C22H43N5O8. The van der Waals surface area contributed by atoms with E-state index in [4.69, 9.17) is 30.4 Å². The Morgan fingerprint density at radius 1 is 1.09 bits per heavy atom. The van der Waals surface area contributed by atoms with E-state index in [1.807, 2.05) is 7.05 Å². The number of aliphatic hydroxyl groups is 3. The van der Waals surface area contributed by atoms with Crippen LogP contribution in [0, 0.1) is 0 Å². The van der Waals surface area contributed by atoms with Gasteiger partial charge in [-0.1, -0.05) is 0 Å². The van der Waals surface area contributed by atoms with Gasteiger partial charge in [0.25, 0.3) is 0 Å². The number of likely N-dealkylation sites (N-methyl/N-ethyl adjacent to an activating group) is 2. The molecule has 2 aliphatic heterocycles. The van der Waals surface area contributed by atoms with Crippen LogP contribution in [-0.2, 0) is 23.7 Å². The van der Waals surface area contributed by atoms with Crippen LogP contribution in [0.4, 0.5) is 0 Å². The van der Waals surface area contributed by atoms with Gasteiger partial charge in [-0.25, -0.2) is 0 Å². The zero-order valence-electron chi connectivity index (χ0n) is 20.9. The predicted octanol–water partition coefficient (Wildman–Crippen LogP) is -3.54. The van der Waals surface area contributed by atoms with Crippen molar-refractivity contribution in [3.63, 3.8) is 0 Å². The van der Waals surface area contributed by atoms with E-state index in [-0.39, 0.29) is 25.0 Å². The van der Waals surface area contributed by atoms with Gasteiger partial charge in [0.1, 0.15) is 30.0 Å². The average molecular weight is 506 g/mol. The fourth-order valence-electron chi connectivity index (χ4n) is 5.26. The van der Waals surface area contributed by atoms with E-state index in [1.165, 1.54) is 6.92 Å². The van der Waals surface area contributed by atoms with E-state index in [9.17, 15) is 20.1 Å². The van der Waals surface area contributed by atoms with Gasteiger partial charge in [0.2, 0.25) is 5.91 Å². The zero-order chi connectivity index (χ0) is 25.9. The first-order valence-corrected chi connectivity index (χ1v) is 12.2. The monoisotopic (exact) mass is 505 g/mol. The third-order valence-electron chi connectivity index (χ3n) is 7.06. The number of amides is 1. The van der Waals surface area contributed by atoms with E-state index < -0.39 is 66.8 Å². The maximum Gasteiger partial charge on any atom is 0.217 e. The summed E-state index contributed by atoms with van der Waals surface area (Å²) in [4.78, 5) is 11.9. The first-order chi connectivity index (χ1) is 16.5. The van der Waals surface area contributed by atoms with E-state index in [1.54, 1.807) is 14.0 Å². The molecule has 1 saturated carbocycles. The molecule has 1 unspecified atom stereocenters. The first-order valence-electron chi connectivity index (χ1n) is 12.2. The van der Waals surface area contributed by atoms with Crippen molar-refractivity contribution < 1.29 is 39.1 Å². The molecule has 3 aliphatic rings. The fraction of sp³-hybridized carbons (Fsp3) is 0.955. The smallest absolute Gasteiger partial charge is 0.217 e. The Hall–Kier alpha value is -0.970.